The van der Waals surface area contributed by atoms with Gasteiger partial charge in [-0.05, 0) is 67.6 Å². The fourth-order valence-corrected chi connectivity index (χ4v) is 5.38. The Kier molecular flexibility index (Phi) is 4.71. The number of nitrogens with two attached hydrogens (primary N) is 1. The number of rotatable bonds is 4. The van der Waals surface area contributed by atoms with Crippen molar-refractivity contribution in [2.75, 3.05) is 0 Å². The largest absolute Gasteiger partial charge is 0.271 e. The van der Waals surface area contributed by atoms with Crippen LogP contribution in [0.1, 0.15) is 17.2 Å². The van der Waals surface area contributed by atoms with E-state index in [9.17, 15) is 0 Å². The standard InChI is InChI=1S/C15H13Br2N3S/c16-14-8-11(15(17)21-14)13(20-18)7-9-5-6-19-12-4-2-1-3-10(9)12/h1-6,8,13,20H,7,18H2. The maximum atomic E-state index is 5.78. The molecule has 0 aliphatic heterocycles. The lowest BCUT2D eigenvalue weighted by molar-refractivity contribution is 0.553. The molecule has 2 aromatic heterocycles. The summed E-state index contributed by atoms with van der Waals surface area (Å²) in [7, 11) is 0. The van der Waals surface area contributed by atoms with Crippen molar-refractivity contribution in [2.45, 2.75) is 12.5 Å². The van der Waals surface area contributed by atoms with Crippen LogP contribution in [-0.4, -0.2) is 4.98 Å². The van der Waals surface area contributed by atoms with Crippen molar-refractivity contribution in [2.24, 2.45) is 5.84 Å². The molecule has 21 heavy (non-hydrogen) atoms. The normalized spacial score (nSPS) is 12.7. The first kappa shape index (κ1) is 15.1. The van der Waals surface area contributed by atoms with Gasteiger partial charge in [0, 0.05) is 11.6 Å². The van der Waals surface area contributed by atoms with Crippen molar-refractivity contribution < 1.29 is 0 Å². The van der Waals surface area contributed by atoms with Gasteiger partial charge >= 0.3 is 0 Å². The molecule has 3 aromatic rings. The summed E-state index contributed by atoms with van der Waals surface area (Å²) in [6, 6.07) is 12.4. The number of halogens is 2. The van der Waals surface area contributed by atoms with Crippen LogP contribution in [0.4, 0.5) is 0 Å². The molecule has 0 saturated carbocycles. The van der Waals surface area contributed by atoms with Crippen molar-refractivity contribution >= 4 is 54.1 Å². The third kappa shape index (κ3) is 3.19. The summed E-state index contributed by atoms with van der Waals surface area (Å²) in [6.45, 7) is 0. The smallest absolute Gasteiger partial charge is 0.0758 e. The summed E-state index contributed by atoms with van der Waals surface area (Å²) in [6.07, 6.45) is 2.66. The molecule has 0 spiro atoms. The van der Waals surface area contributed by atoms with Crippen molar-refractivity contribution in [3.05, 3.63) is 61.3 Å². The van der Waals surface area contributed by atoms with E-state index < -0.39 is 0 Å². The molecule has 2 heterocycles. The van der Waals surface area contributed by atoms with Gasteiger partial charge < -0.3 is 0 Å². The number of pyridine rings is 1. The molecule has 3 nitrogen and oxygen atoms in total. The van der Waals surface area contributed by atoms with E-state index in [0.29, 0.717) is 0 Å². The number of nitrogens with one attached hydrogen (secondary N) is 1. The second kappa shape index (κ2) is 6.54. The molecule has 0 aliphatic carbocycles. The third-order valence-electron chi connectivity index (χ3n) is 3.42. The highest BCUT2D eigenvalue weighted by atomic mass is 79.9. The number of hydrazine groups is 1. The maximum Gasteiger partial charge on any atom is 0.0758 e. The molecule has 3 rings (SSSR count). The summed E-state index contributed by atoms with van der Waals surface area (Å²) in [5.74, 6) is 5.78. The van der Waals surface area contributed by atoms with E-state index in [1.165, 1.54) is 10.9 Å². The lowest BCUT2D eigenvalue weighted by Crippen LogP contribution is -2.29. The Balaban J connectivity index is 1.98. The van der Waals surface area contributed by atoms with E-state index >= 15 is 0 Å². The molecule has 0 radical (unpaired) electrons. The Morgan fingerprint density at radius 2 is 2.05 bits per heavy atom. The van der Waals surface area contributed by atoms with E-state index in [2.05, 4.69) is 60.5 Å². The van der Waals surface area contributed by atoms with Crippen molar-refractivity contribution in [1.82, 2.24) is 10.4 Å². The van der Waals surface area contributed by atoms with Crippen LogP contribution in [0.3, 0.4) is 0 Å². The molecule has 108 valence electrons. The van der Waals surface area contributed by atoms with Crippen LogP contribution in [-0.2, 0) is 6.42 Å². The molecule has 0 saturated heterocycles. The lowest BCUT2D eigenvalue weighted by atomic mass is 9.99. The van der Waals surface area contributed by atoms with Gasteiger partial charge in [0.05, 0.1) is 19.1 Å². The zero-order valence-electron chi connectivity index (χ0n) is 11.0. The first-order valence-electron chi connectivity index (χ1n) is 6.42. The molecule has 0 bridgehead atoms. The van der Waals surface area contributed by atoms with E-state index in [1.807, 2.05) is 24.4 Å². The van der Waals surface area contributed by atoms with E-state index in [-0.39, 0.29) is 6.04 Å². The van der Waals surface area contributed by atoms with Gasteiger partial charge in [0.1, 0.15) is 0 Å². The Bertz CT molecular complexity index is 767. The second-order valence-electron chi connectivity index (χ2n) is 4.69. The van der Waals surface area contributed by atoms with Crippen LogP contribution >= 0.6 is 43.2 Å². The average Bonchev–Trinajstić information content (AvgIpc) is 2.83. The molecule has 3 N–H and O–H groups in total. The van der Waals surface area contributed by atoms with Crippen LogP contribution in [0.25, 0.3) is 10.9 Å². The number of para-hydroxylation sites is 1. The van der Waals surface area contributed by atoms with E-state index in [0.717, 1.165) is 25.1 Å². The summed E-state index contributed by atoms with van der Waals surface area (Å²) in [4.78, 5) is 4.40. The molecule has 0 amide bonds. The Morgan fingerprint density at radius 1 is 1.24 bits per heavy atom. The Morgan fingerprint density at radius 3 is 2.76 bits per heavy atom. The molecule has 1 atom stereocenters. The van der Waals surface area contributed by atoms with Crippen LogP contribution in [0.5, 0.6) is 0 Å². The number of hydrogen-bond acceptors (Lipinski definition) is 4. The summed E-state index contributed by atoms with van der Waals surface area (Å²) in [5, 5.41) is 1.17. The fraction of sp³-hybridized carbons (Fsp3) is 0.133. The van der Waals surface area contributed by atoms with Gasteiger partial charge in [0.15, 0.2) is 0 Å². The minimum atomic E-state index is 0.0488. The monoisotopic (exact) mass is 425 g/mol. The molecule has 1 aromatic carbocycles. The second-order valence-corrected chi connectivity index (χ2v) is 8.44. The van der Waals surface area contributed by atoms with Gasteiger partial charge in [-0.3, -0.25) is 16.3 Å². The third-order valence-corrected chi connectivity index (χ3v) is 5.81. The quantitative estimate of drug-likeness (QED) is 0.474. The van der Waals surface area contributed by atoms with E-state index in [4.69, 9.17) is 5.84 Å². The van der Waals surface area contributed by atoms with Gasteiger partial charge in [0.25, 0.3) is 0 Å². The van der Waals surface area contributed by atoms with Crippen molar-refractivity contribution in [3.8, 4) is 0 Å². The highest BCUT2D eigenvalue weighted by molar-refractivity contribution is 9.12. The number of nitrogens with zero attached hydrogens (tertiary/aromatic N) is 1. The topological polar surface area (TPSA) is 50.9 Å². The summed E-state index contributed by atoms with van der Waals surface area (Å²) < 4.78 is 2.18. The molecule has 0 aliphatic rings. The first-order chi connectivity index (χ1) is 10.2. The highest BCUT2D eigenvalue weighted by Crippen LogP contribution is 2.36. The molecular weight excluding hydrogens is 414 g/mol. The van der Waals surface area contributed by atoms with Crippen LogP contribution in [0.15, 0.2) is 50.2 Å². The highest BCUT2D eigenvalue weighted by Gasteiger charge is 2.17. The van der Waals surface area contributed by atoms with Crippen molar-refractivity contribution in [1.29, 1.82) is 0 Å². The maximum absolute atomic E-state index is 5.78. The minimum absolute atomic E-state index is 0.0488. The molecule has 0 fully saturated rings. The van der Waals surface area contributed by atoms with Gasteiger partial charge in [-0.25, -0.2) is 0 Å². The van der Waals surface area contributed by atoms with Gasteiger partial charge in [0.2, 0.25) is 0 Å². The number of hydrogen-bond donors (Lipinski definition) is 2. The van der Waals surface area contributed by atoms with Gasteiger partial charge in [-0.2, -0.15) is 0 Å². The molecule has 1 unspecified atom stereocenters. The van der Waals surface area contributed by atoms with Gasteiger partial charge in [-0.15, -0.1) is 11.3 Å². The van der Waals surface area contributed by atoms with Crippen LogP contribution in [0, 0.1) is 0 Å². The number of thiophene rings is 1. The van der Waals surface area contributed by atoms with Crippen molar-refractivity contribution in [3.63, 3.8) is 0 Å². The van der Waals surface area contributed by atoms with Crippen LogP contribution < -0.4 is 11.3 Å². The number of aromatic nitrogens is 1. The predicted octanol–water partition coefficient (Wildman–Crippen LogP) is 4.57. The molecule has 6 heteroatoms. The van der Waals surface area contributed by atoms with E-state index in [1.54, 1.807) is 11.3 Å². The minimum Gasteiger partial charge on any atom is -0.271 e. The SMILES string of the molecule is NNC(Cc1ccnc2ccccc12)c1cc(Br)sc1Br. The number of fused-ring (bicyclic) bond motifs is 1. The Labute approximate surface area is 143 Å². The predicted molar refractivity (Wildman–Crippen MR) is 95.2 cm³/mol. The summed E-state index contributed by atoms with van der Waals surface area (Å²) >= 11 is 8.77. The lowest BCUT2D eigenvalue weighted by Gasteiger charge is -2.16. The molecular formula is C15H13Br2N3S. The average molecular weight is 427 g/mol. The number of benzene rings is 1. The fourth-order valence-electron chi connectivity index (χ4n) is 2.40. The Hall–Kier alpha value is -0.790. The summed E-state index contributed by atoms with van der Waals surface area (Å²) in [5.41, 5.74) is 6.33. The van der Waals surface area contributed by atoms with Crippen LogP contribution in [0.2, 0.25) is 0 Å². The van der Waals surface area contributed by atoms with Gasteiger partial charge in [-0.1, -0.05) is 18.2 Å². The first-order valence-corrected chi connectivity index (χ1v) is 8.83. The zero-order chi connectivity index (χ0) is 14.8. The zero-order valence-corrected chi connectivity index (χ0v) is 15.0.